The van der Waals surface area contributed by atoms with Crippen molar-refractivity contribution in [2.24, 2.45) is 5.41 Å². The lowest BCUT2D eigenvalue weighted by molar-refractivity contribution is 0.0672. The third-order valence-corrected chi connectivity index (χ3v) is 2.87. The lowest BCUT2D eigenvalue weighted by Gasteiger charge is -2.32. The summed E-state index contributed by atoms with van der Waals surface area (Å²) in [6, 6.07) is 0.714. The van der Waals surface area contributed by atoms with Crippen molar-refractivity contribution in [1.29, 1.82) is 0 Å². The molecule has 0 bridgehead atoms. The highest BCUT2D eigenvalue weighted by Crippen LogP contribution is 2.19. The van der Waals surface area contributed by atoms with Crippen molar-refractivity contribution >= 4 is 12.4 Å². The van der Waals surface area contributed by atoms with Crippen LogP contribution in [0.3, 0.4) is 0 Å². The van der Waals surface area contributed by atoms with Gasteiger partial charge in [0.15, 0.2) is 0 Å². The summed E-state index contributed by atoms with van der Waals surface area (Å²) in [7, 11) is 3.99. The first-order valence-electron chi connectivity index (χ1n) is 5.45. The maximum absolute atomic E-state index is 5.23. The molecule has 0 amide bonds. The van der Waals surface area contributed by atoms with Gasteiger partial charge in [-0.25, -0.2) is 0 Å². The molecule has 1 heterocycles. The molecular formula is C11H25ClN2O. The first kappa shape index (κ1) is 15.2. The van der Waals surface area contributed by atoms with Crippen LogP contribution in [0.5, 0.6) is 0 Å². The quantitative estimate of drug-likeness (QED) is 0.781. The standard InChI is InChI=1S/C11H24N2O.ClH/c1-11(2,9-14-4)8-13(3)10-5-6-12-7-10;/h10,12H,5-9H2,1-4H3;1H. The molecular weight excluding hydrogens is 212 g/mol. The average molecular weight is 237 g/mol. The zero-order valence-electron chi connectivity index (χ0n) is 10.4. The lowest BCUT2D eigenvalue weighted by Crippen LogP contribution is -2.41. The van der Waals surface area contributed by atoms with Gasteiger partial charge < -0.3 is 15.0 Å². The molecule has 0 aromatic heterocycles. The number of rotatable bonds is 5. The summed E-state index contributed by atoms with van der Waals surface area (Å²) in [5.41, 5.74) is 0.256. The van der Waals surface area contributed by atoms with E-state index in [9.17, 15) is 0 Å². The van der Waals surface area contributed by atoms with Crippen molar-refractivity contribution < 1.29 is 4.74 Å². The van der Waals surface area contributed by atoms with Gasteiger partial charge in [0.05, 0.1) is 6.61 Å². The van der Waals surface area contributed by atoms with Crippen LogP contribution in [-0.2, 0) is 4.74 Å². The minimum atomic E-state index is 0. The van der Waals surface area contributed by atoms with E-state index in [2.05, 4.69) is 31.1 Å². The molecule has 15 heavy (non-hydrogen) atoms. The van der Waals surface area contributed by atoms with E-state index in [0.29, 0.717) is 6.04 Å². The molecule has 92 valence electrons. The van der Waals surface area contributed by atoms with Gasteiger partial charge >= 0.3 is 0 Å². The smallest absolute Gasteiger partial charge is 0.0525 e. The fourth-order valence-electron chi connectivity index (χ4n) is 2.26. The van der Waals surface area contributed by atoms with Crippen molar-refractivity contribution in [2.75, 3.05) is 40.4 Å². The number of hydrogen-bond acceptors (Lipinski definition) is 3. The number of hydrogen-bond donors (Lipinski definition) is 1. The van der Waals surface area contributed by atoms with Gasteiger partial charge in [0, 0.05) is 31.7 Å². The molecule has 1 aliphatic heterocycles. The molecule has 0 aromatic carbocycles. The van der Waals surface area contributed by atoms with E-state index in [0.717, 1.165) is 19.7 Å². The summed E-state index contributed by atoms with van der Waals surface area (Å²) in [4.78, 5) is 2.46. The van der Waals surface area contributed by atoms with E-state index in [1.807, 2.05) is 0 Å². The van der Waals surface area contributed by atoms with Gasteiger partial charge in [-0.3, -0.25) is 0 Å². The van der Waals surface area contributed by atoms with E-state index in [-0.39, 0.29) is 17.8 Å². The molecule has 0 aromatic rings. The summed E-state index contributed by atoms with van der Waals surface area (Å²) in [5, 5.41) is 3.40. The van der Waals surface area contributed by atoms with Gasteiger partial charge in [0.25, 0.3) is 0 Å². The topological polar surface area (TPSA) is 24.5 Å². The predicted octanol–water partition coefficient (Wildman–Crippen LogP) is 1.37. The SMILES string of the molecule is COCC(C)(C)CN(C)C1CCNC1.Cl. The Balaban J connectivity index is 0.00000196. The second-order valence-corrected chi connectivity index (χ2v) is 5.16. The first-order chi connectivity index (χ1) is 6.55. The van der Waals surface area contributed by atoms with E-state index in [1.54, 1.807) is 7.11 Å². The van der Waals surface area contributed by atoms with Crippen molar-refractivity contribution in [3.05, 3.63) is 0 Å². The van der Waals surface area contributed by atoms with Crippen LogP contribution in [0, 0.1) is 5.41 Å². The van der Waals surface area contributed by atoms with Crippen molar-refractivity contribution in [2.45, 2.75) is 26.3 Å². The molecule has 3 nitrogen and oxygen atoms in total. The summed E-state index contributed by atoms with van der Waals surface area (Å²) in [5.74, 6) is 0. The Morgan fingerprint density at radius 2 is 2.13 bits per heavy atom. The Bertz CT molecular complexity index is 170. The highest BCUT2D eigenvalue weighted by molar-refractivity contribution is 5.85. The summed E-state index contributed by atoms with van der Waals surface area (Å²) in [6.45, 7) is 8.76. The Labute approximate surface area is 100.0 Å². The molecule has 1 unspecified atom stereocenters. The Morgan fingerprint density at radius 3 is 2.60 bits per heavy atom. The number of ether oxygens (including phenoxy) is 1. The van der Waals surface area contributed by atoms with Gasteiger partial charge in [0.1, 0.15) is 0 Å². The van der Waals surface area contributed by atoms with Crippen molar-refractivity contribution in [1.82, 2.24) is 10.2 Å². The molecule has 4 heteroatoms. The molecule has 1 N–H and O–H groups in total. The molecule has 0 aliphatic carbocycles. The number of nitrogens with zero attached hydrogens (tertiary/aromatic N) is 1. The van der Waals surface area contributed by atoms with Gasteiger partial charge in [0.2, 0.25) is 0 Å². The monoisotopic (exact) mass is 236 g/mol. The summed E-state index contributed by atoms with van der Waals surface area (Å²) >= 11 is 0. The highest BCUT2D eigenvalue weighted by Gasteiger charge is 2.25. The Kier molecular flexibility index (Phi) is 6.76. The van der Waals surface area contributed by atoms with Gasteiger partial charge in [-0.2, -0.15) is 0 Å². The molecule has 1 rings (SSSR count). The van der Waals surface area contributed by atoms with Crippen molar-refractivity contribution in [3.63, 3.8) is 0 Å². The van der Waals surface area contributed by atoms with Gasteiger partial charge in [-0.15, -0.1) is 12.4 Å². The van der Waals surface area contributed by atoms with Crippen LogP contribution in [0.1, 0.15) is 20.3 Å². The summed E-state index contributed by atoms with van der Waals surface area (Å²) in [6.07, 6.45) is 1.28. The predicted molar refractivity (Wildman–Crippen MR) is 66.8 cm³/mol. The van der Waals surface area contributed by atoms with Crippen LogP contribution >= 0.6 is 12.4 Å². The van der Waals surface area contributed by atoms with Crippen LogP contribution in [0.4, 0.5) is 0 Å². The fourth-order valence-corrected chi connectivity index (χ4v) is 2.26. The molecule has 1 atom stereocenters. The molecule has 1 aliphatic rings. The third kappa shape index (κ3) is 5.16. The second kappa shape index (κ2) is 6.69. The van der Waals surface area contributed by atoms with E-state index in [1.165, 1.54) is 13.0 Å². The zero-order chi connectivity index (χ0) is 10.6. The van der Waals surface area contributed by atoms with E-state index in [4.69, 9.17) is 4.74 Å². The number of methoxy groups -OCH3 is 1. The maximum Gasteiger partial charge on any atom is 0.0525 e. The molecule has 1 fully saturated rings. The van der Waals surface area contributed by atoms with E-state index < -0.39 is 0 Å². The summed E-state index contributed by atoms with van der Waals surface area (Å²) < 4.78 is 5.23. The first-order valence-corrected chi connectivity index (χ1v) is 5.45. The Hall–Kier alpha value is 0.170. The molecule has 0 saturated carbocycles. The molecule has 0 spiro atoms. The average Bonchev–Trinajstić information content (AvgIpc) is 2.53. The van der Waals surface area contributed by atoms with Crippen LogP contribution in [0.25, 0.3) is 0 Å². The fraction of sp³-hybridized carbons (Fsp3) is 1.00. The van der Waals surface area contributed by atoms with Crippen molar-refractivity contribution in [3.8, 4) is 0 Å². The van der Waals surface area contributed by atoms with Crippen LogP contribution in [0.2, 0.25) is 0 Å². The van der Waals surface area contributed by atoms with Crippen LogP contribution in [-0.4, -0.2) is 51.3 Å². The van der Waals surface area contributed by atoms with E-state index >= 15 is 0 Å². The number of nitrogens with one attached hydrogen (secondary N) is 1. The third-order valence-electron chi connectivity index (χ3n) is 2.87. The normalized spacial score (nSPS) is 21.8. The minimum Gasteiger partial charge on any atom is -0.384 e. The van der Waals surface area contributed by atoms with Gasteiger partial charge in [-0.1, -0.05) is 13.8 Å². The second-order valence-electron chi connectivity index (χ2n) is 5.16. The maximum atomic E-state index is 5.23. The van der Waals surface area contributed by atoms with Crippen LogP contribution in [0.15, 0.2) is 0 Å². The highest BCUT2D eigenvalue weighted by atomic mass is 35.5. The Morgan fingerprint density at radius 1 is 1.47 bits per heavy atom. The molecule has 1 saturated heterocycles. The van der Waals surface area contributed by atoms with Crippen LogP contribution < -0.4 is 5.32 Å². The number of halogens is 1. The zero-order valence-corrected chi connectivity index (χ0v) is 11.2. The lowest BCUT2D eigenvalue weighted by atomic mass is 9.93. The molecule has 0 radical (unpaired) electrons. The minimum absolute atomic E-state index is 0. The largest absolute Gasteiger partial charge is 0.384 e. The number of likely N-dealkylation sites (N-methyl/N-ethyl adjacent to an activating group) is 1. The van der Waals surface area contributed by atoms with Gasteiger partial charge in [-0.05, 0) is 20.0 Å².